The van der Waals surface area contributed by atoms with Gasteiger partial charge in [-0.05, 0) is 78.7 Å². The maximum atomic E-state index is 11.4. The molecule has 0 aliphatic carbocycles. The number of aryl methyl sites for hydroxylation is 1. The first kappa shape index (κ1) is 24.8. The maximum Gasteiger partial charge on any atom is 0.335 e. The van der Waals surface area contributed by atoms with Gasteiger partial charge in [-0.25, -0.2) is 4.79 Å². The Morgan fingerprint density at radius 3 is 1.24 bits per heavy atom. The number of nitrogens with zero attached hydrogens (tertiary/aromatic N) is 2. The van der Waals surface area contributed by atoms with Gasteiger partial charge in [0.1, 0.15) is 0 Å². The second-order valence-electron chi connectivity index (χ2n) is 9.35. The lowest BCUT2D eigenvalue weighted by molar-refractivity contribution is 0.0697. The molecule has 0 saturated carbocycles. The van der Waals surface area contributed by atoms with Crippen molar-refractivity contribution in [3.8, 4) is 0 Å². The molecular weight excluding hydrogens is 468 g/mol. The number of hydrogen-bond acceptors (Lipinski definition) is 3. The van der Waals surface area contributed by atoms with Crippen LogP contribution in [0.2, 0.25) is 0 Å². The second-order valence-corrected chi connectivity index (χ2v) is 9.35. The molecule has 0 unspecified atom stereocenters. The summed E-state index contributed by atoms with van der Waals surface area (Å²) in [6.45, 7) is 3.52. The minimum absolute atomic E-state index is 0.276. The van der Waals surface area contributed by atoms with Gasteiger partial charge in [-0.3, -0.25) is 0 Å². The molecule has 1 N–H and O–H groups in total. The SMILES string of the molecule is Cc1ccc(N(Cc2ccccc2)c2ccc(N(Cc3ccccc3)c3ccc(C(=O)O)cc3)cc2)cc1. The van der Waals surface area contributed by atoms with Gasteiger partial charge in [0.15, 0.2) is 0 Å². The summed E-state index contributed by atoms with van der Waals surface area (Å²) in [5, 5.41) is 9.35. The van der Waals surface area contributed by atoms with Crippen molar-refractivity contribution in [2.24, 2.45) is 0 Å². The summed E-state index contributed by atoms with van der Waals surface area (Å²) in [4.78, 5) is 15.9. The van der Waals surface area contributed by atoms with E-state index in [-0.39, 0.29) is 5.56 Å². The average molecular weight is 499 g/mol. The summed E-state index contributed by atoms with van der Waals surface area (Å²) in [6, 6.07) is 45.0. The summed E-state index contributed by atoms with van der Waals surface area (Å²) in [5.41, 5.74) is 8.12. The predicted molar refractivity (Wildman–Crippen MR) is 156 cm³/mol. The Morgan fingerprint density at radius 2 is 0.868 bits per heavy atom. The highest BCUT2D eigenvalue weighted by atomic mass is 16.4. The molecule has 0 fully saturated rings. The number of carboxylic acids is 1. The molecule has 0 aromatic heterocycles. The van der Waals surface area contributed by atoms with E-state index in [1.807, 2.05) is 36.4 Å². The van der Waals surface area contributed by atoms with Gasteiger partial charge in [-0.15, -0.1) is 0 Å². The third-order valence-electron chi connectivity index (χ3n) is 6.61. The Labute approximate surface area is 224 Å². The van der Waals surface area contributed by atoms with Gasteiger partial charge in [0, 0.05) is 35.8 Å². The van der Waals surface area contributed by atoms with Crippen LogP contribution in [0.3, 0.4) is 0 Å². The average Bonchev–Trinajstić information content (AvgIpc) is 2.97. The second kappa shape index (κ2) is 11.5. The zero-order chi connectivity index (χ0) is 26.3. The van der Waals surface area contributed by atoms with Crippen molar-refractivity contribution in [3.63, 3.8) is 0 Å². The standard InChI is InChI=1S/C34H30N2O2/c1-26-12-16-30(17-13-26)35(24-27-8-4-2-5-9-27)32-20-22-33(23-21-32)36(25-28-10-6-3-7-11-28)31-18-14-29(15-19-31)34(37)38/h2-23H,24-25H2,1H3,(H,37,38). The normalized spacial score (nSPS) is 10.7. The van der Waals surface area contributed by atoms with E-state index < -0.39 is 5.97 Å². The van der Waals surface area contributed by atoms with Gasteiger partial charge >= 0.3 is 5.97 Å². The Balaban J connectivity index is 1.49. The van der Waals surface area contributed by atoms with E-state index in [9.17, 15) is 9.90 Å². The highest BCUT2D eigenvalue weighted by molar-refractivity contribution is 5.88. The number of carbonyl (C=O) groups is 1. The van der Waals surface area contributed by atoms with Crippen LogP contribution in [0.5, 0.6) is 0 Å². The molecule has 0 atom stereocenters. The number of hydrogen-bond donors (Lipinski definition) is 1. The first-order valence-electron chi connectivity index (χ1n) is 12.7. The molecule has 38 heavy (non-hydrogen) atoms. The van der Waals surface area contributed by atoms with Crippen molar-refractivity contribution >= 4 is 28.7 Å². The fraction of sp³-hybridized carbons (Fsp3) is 0.0882. The topological polar surface area (TPSA) is 43.8 Å². The van der Waals surface area contributed by atoms with Crippen LogP contribution in [0.15, 0.2) is 133 Å². The Kier molecular flexibility index (Phi) is 7.51. The molecule has 0 amide bonds. The molecule has 0 radical (unpaired) electrons. The fourth-order valence-corrected chi connectivity index (χ4v) is 4.52. The molecule has 0 heterocycles. The molecular formula is C34H30N2O2. The number of anilines is 4. The highest BCUT2D eigenvalue weighted by Gasteiger charge is 2.15. The Morgan fingerprint density at radius 1 is 0.526 bits per heavy atom. The number of aromatic carboxylic acids is 1. The van der Waals surface area contributed by atoms with E-state index in [0.29, 0.717) is 6.54 Å². The van der Waals surface area contributed by atoms with Gasteiger partial charge in [0.25, 0.3) is 0 Å². The van der Waals surface area contributed by atoms with Crippen LogP contribution in [0.25, 0.3) is 0 Å². The minimum Gasteiger partial charge on any atom is -0.478 e. The monoisotopic (exact) mass is 498 g/mol. The van der Waals surface area contributed by atoms with Gasteiger partial charge in [0.2, 0.25) is 0 Å². The molecule has 4 heteroatoms. The van der Waals surface area contributed by atoms with Crippen molar-refractivity contribution in [2.45, 2.75) is 20.0 Å². The zero-order valence-corrected chi connectivity index (χ0v) is 21.4. The Hall–Kier alpha value is -4.83. The summed E-state index contributed by atoms with van der Waals surface area (Å²) < 4.78 is 0. The van der Waals surface area contributed by atoms with Crippen molar-refractivity contribution in [1.29, 1.82) is 0 Å². The minimum atomic E-state index is -0.926. The van der Waals surface area contributed by atoms with Crippen LogP contribution in [0, 0.1) is 6.92 Å². The molecule has 0 saturated heterocycles. The van der Waals surface area contributed by atoms with Crippen LogP contribution >= 0.6 is 0 Å². The van der Waals surface area contributed by atoms with E-state index in [2.05, 4.69) is 102 Å². The number of benzene rings is 5. The van der Waals surface area contributed by atoms with Crippen LogP contribution in [-0.2, 0) is 13.1 Å². The molecule has 0 aliphatic rings. The first-order valence-corrected chi connectivity index (χ1v) is 12.7. The summed E-state index contributed by atoms with van der Waals surface area (Å²) >= 11 is 0. The van der Waals surface area contributed by atoms with Crippen LogP contribution in [0.1, 0.15) is 27.0 Å². The largest absolute Gasteiger partial charge is 0.478 e. The number of carboxylic acid groups (broad SMARTS) is 1. The Bertz CT molecular complexity index is 1460. The van der Waals surface area contributed by atoms with Gasteiger partial charge in [0.05, 0.1) is 5.56 Å². The quantitative estimate of drug-likeness (QED) is 0.222. The smallest absolute Gasteiger partial charge is 0.335 e. The van der Waals surface area contributed by atoms with Gasteiger partial charge in [-0.2, -0.15) is 0 Å². The van der Waals surface area contributed by atoms with Crippen LogP contribution < -0.4 is 9.80 Å². The van der Waals surface area contributed by atoms with Crippen molar-refractivity contribution in [2.75, 3.05) is 9.80 Å². The van der Waals surface area contributed by atoms with Crippen LogP contribution in [0.4, 0.5) is 22.7 Å². The molecule has 5 aromatic carbocycles. The van der Waals surface area contributed by atoms with Gasteiger partial charge < -0.3 is 14.9 Å². The molecule has 188 valence electrons. The van der Waals surface area contributed by atoms with Crippen molar-refractivity contribution < 1.29 is 9.90 Å². The van der Waals surface area contributed by atoms with E-state index in [1.54, 1.807) is 12.1 Å². The summed E-state index contributed by atoms with van der Waals surface area (Å²) in [7, 11) is 0. The molecule has 0 aliphatic heterocycles. The highest BCUT2D eigenvalue weighted by Crippen LogP contribution is 2.33. The lowest BCUT2D eigenvalue weighted by Crippen LogP contribution is -2.18. The predicted octanol–water partition coefficient (Wildman–Crippen LogP) is 8.37. The van der Waals surface area contributed by atoms with E-state index in [0.717, 1.165) is 29.3 Å². The molecule has 0 bridgehead atoms. The lowest BCUT2D eigenvalue weighted by atomic mass is 10.1. The number of rotatable bonds is 9. The molecule has 5 rings (SSSR count). The van der Waals surface area contributed by atoms with Crippen LogP contribution in [-0.4, -0.2) is 11.1 Å². The summed E-state index contributed by atoms with van der Waals surface area (Å²) in [6.07, 6.45) is 0. The van der Waals surface area contributed by atoms with E-state index in [1.165, 1.54) is 16.7 Å². The zero-order valence-electron chi connectivity index (χ0n) is 21.4. The third kappa shape index (κ3) is 5.93. The third-order valence-corrected chi connectivity index (χ3v) is 6.61. The van der Waals surface area contributed by atoms with E-state index >= 15 is 0 Å². The van der Waals surface area contributed by atoms with E-state index in [4.69, 9.17) is 0 Å². The maximum absolute atomic E-state index is 11.4. The fourth-order valence-electron chi connectivity index (χ4n) is 4.52. The van der Waals surface area contributed by atoms with Gasteiger partial charge in [-0.1, -0.05) is 78.4 Å². The molecule has 5 aromatic rings. The molecule has 4 nitrogen and oxygen atoms in total. The van der Waals surface area contributed by atoms with Crippen molar-refractivity contribution in [3.05, 3.63) is 156 Å². The molecule has 0 spiro atoms. The lowest BCUT2D eigenvalue weighted by Gasteiger charge is -2.28. The first-order chi connectivity index (χ1) is 18.6. The van der Waals surface area contributed by atoms with Crippen molar-refractivity contribution in [1.82, 2.24) is 0 Å². The summed E-state index contributed by atoms with van der Waals surface area (Å²) in [5.74, 6) is -0.926.